The number of ether oxygens (including phenoxy) is 1. The van der Waals surface area contributed by atoms with Crippen molar-refractivity contribution in [2.75, 3.05) is 7.11 Å². The molecule has 0 N–H and O–H groups in total. The van der Waals surface area contributed by atoms with E-state index in [1.807, 2.05) is 20.8 Å². The van der Waals surface area contributed by atoms with Crippen molar-refractivity contribution >= 4 is 34.2 Å². The minimum Gasteiger partial charge on any atom is -0.496 e. The summed E-state index contributed by atoms with van der Waals surface area (Å²) >= 11 is 7.39. The van der Waals surface area contributed by atoms with Gasteiger partial charge >= 0.3 is 0 Å². The average Bonchev–Trinajstić information content (AvgIpc) is 3.07. The van der Waals surface area contributed by atoms with E-state index in [0.717, 1.165) is 11.1 Å². The number of hydrogen-bond acceptors (Lipinski definition) is 5. The second-order valence-corrected chi connectivity index (χ2v) is 9.19. The highest BCUT2D eigenvalue weighted by atomic mass is 35.5. The Hall–Kier alpha value is -2.38. The Labute approximate surface area is 183 Å². The van der Waals surface area contributed by atoms with Gasteiger partial charge in [-0.15, -0.1) is 0 Å². The van der Waals surface area contributed by atoms with Crippen molar-refractivity contribution in [2.24, 2.45) is 10.5 Å². The van der Waals surface area contributed by atoms with E-state index >= 15 is 0 Å². The molecule has 0 fully saturated rings. The van der Waals surface area contributed by atoms with E-state index < -0.39 is 11.6 Å². The lowest BCUT2D eigenvalue weighted by molar-refractivity contribution is 0.104. The van der Waals surface area contributed by atoms with Gasteiger partial charge in [0.2, 0.25) is 0 Å². The molecule has 0 radical (unpaired) electrons. The number of halogens is 3. The number of ketones is 1. The Bertz CT molecular complexity index is 1050. The van der Waals surface area contributed by atoms with E-state index in [1.54, 1.807) is 17.1 Å². The van der Waals surface area contributed by atoms with Crippen molar-refractivity contribution in [3.8, 4) is 5.75 Å². The summed E-state index contributed by atoms with van der Waals surface area (Å²) in [4.78, 5) is 13.0. The number of benzene rings is 2. The number of nitrogens with zero attached hydrogens (tertiary/aromatic N) is 2. The number of rotatable bonds is 5. The number of methoxy groups -OCH3 is 1. The van der Waals surface area contributed by atoms with Crippen LogP contribution in [0.5, 0.6) is 5.75 Å². The van der Waals surface area contributed by atoms with E-state index in [1.165, 1.54) is 43.1 Å². The molecule has 0 saturated carbocycles. The van der Waals surface area contributed by atoms with Crippen LogP contribution in [0.3, 0.4) is 0 Å². The van der Waals surface area contributed by atoms with E-state index in [4.69, 9.17) is 16.3 Å². The first-order valence-electron chi connectivity index (χ1n) is 9.16. The van der Waals surface area contributed by atoms with Crippen molar-refractivity contribution in [2.45, 2.75) is 27.3 Å². The summed E-state index contributed by atoms with van der Waals surface area (Å²) in [7, 11) is 1.47. The minimum atomic E-state index is -0.665. The smallest absolute Gasteiger partial charge is 0.192 e. The third-order valence-electron chi connectivity index (χ3n) is 4.33. The van der Waals surface area contributed by atoms with Gasteiger partial charge in [0.05, 0.1) is 19.2 Å². The van der Waals surface area contributed by atoms with Crippen LogP contribution in [-0.4, -0.2) is 22.9 Å². The third-order valence-corrected chi connectivity index (χ3v) is 5.99. The zero-order valence-electron chi connectivity index (χ0n) is 17.0. The molecule has 4 nitrogen and oxygen atoms in total. The molecule has 1 heterocycles. The van der Waals surface area contributed by atoms with Crippen LogP contribution in [0, 0.1) is 17.0 Å². The third kappa shape index (κ3) is 5.02. The van der Waals surface area contributed by atoms with E-state index in [2.05, 4.69) is 5.10 Å². The molecule has 0 aliphatic carbocycles. The summed E-state index contributed by atoms with van der Waals surface area (Å²) in [6, 6.07) is 8.20. The topological polar surface area (TPSA) is 41.9 Å². The van der Waals surface area contributed by atoms with Crippen molar-refractivity contribution < 1.29 is 18.3 Å². The number of hydrazone groups is 1. The number of carbonyl (C=O) groups is 1. The standard InChI is InChI=1S/C22H21ClF2N2O2S/c1-22(2,3)21-26-27(12-13-5-7-15(24)10-17(13)25)20(30-21)11-18(28)16-9-14(23)6-8-19(16)29-4/h5-11H,12H2,1-4H3/b20-11-. The summed E-state index contributed by atoms with van der Waals surface area (Å²) in [5.41, 5.74) is 0.321. The maximum atomic E-state index is 14.2. The fraction of sp³-hybridized carbons (Fsp3) is 0.273. The summed E-state index contributed by atoms with van der Waals surface area (Å²) in [5, 5.41) is 7.86. The average molecular weight is 451 g/mol. The molecular weight excluding hydrogens is 430 g/mol. The number of thioether (sulfide) groups is 1. The highest BCUT2D eigenvalue weighted by Gasteiger charge is 2.31. The first-order chi connectivity index (χ1) is 14.1. The van der Waals surface area contributed by atoms with Gasteiger partial charge in [-0.1, -0.05) is 50.2 Å². The molecule has 8 heteroatoms. The van der Waals surface area contributed by atoms with E-state index in [0.29, 0.717) is 21.4 Å². The second kappa shape index (κ2) is 8.78. The normalized spacial score (nSPS) is 15.5. The minimum absolute atomic E-state index is 0.0600. The van der Waals surface area contributed by atoms with Crippen LogP contribution in [0.2, 0.25) is 5.02 Å². The summed E-state index contributed by atoms with van der Waals surface area (Å²) in [6.07, 6.45) is 1.43. The van der Waals surface area contributed by atoms with Crippen LogP contribution in [0.15, 0.2) is 52.6 Å². The van der Waals surface area contributed by atoms with Crippen molar-refractivity contribution in [1.82, 2.24) is 5.01 Å². The zero-order valence-corrected chi connectivity index (χ0v) is 18.6. The number of hydrogen-bond donors (Lipinski definition) is 0. The first-order valence-corrected chi connectivity index (χ1v) is 10.4. The van der Waals surface area contributed by atoms with Gasteiger partial charge < -0.3 is 4.74 Å². The predicted octanol–water partition coefficient (Wildman–Crippen LogP) is 6.26. The Morgan fingerprint density at radius 2 is 1.97 bits per heavy atom. The van der Waals surface area contributed by atoms with Gasteiger partial charge in [0.15, 0.2) is 5.78 Å². The lowest BCUT2D eigenvalue weighted by Crippen LogP contribution is -2.16. The summed E-state index contributed by atoms with van der Waals surface area (Å²) < 4.78 is 32.7. The molecule has 1 aliphatic heterocycles. The van der Waals surface area contributed by atoms with E-state index in [-0.39, 0.29) is 23.3 Å². The fourth-order valence-corrected chi connectivity index (χ4v) is 3.92. The largest absolute Gasteiger partial charge is 0.496 e. The fourth-order valence-electron chi connectivity index (χ4n) is 2.73. The van der Waals surface area contributed by atoms with Crippen LogP contribution in [-0.2, 0) is 6.54 Å². The lowest BCUT2D eigenvalue weighted by Gasteiger charge is -2.16. The molecule has 2 aromatic carbocycles. The predicted molar refractivity (Wildman–Crippen MR) is 117 cm³/mol. The quantitative estimate of drug-likeness (QED) is 0.398. The zero-order chi connectivity index (χ0) is 22.1. The van der Waals surface area contributed by atoms with Crippen molar-refractivity contribution in [1.29, 1.82) is 0 Å². The maximum Gasteiger partial charge on any atom is 0.192 e. The van der Waals surface area contributed by atoms with Gasteiger partial charge in [0.1, 0.15) is 27.5 Å². The van der Waals surface area contributed by atoms with Crippen LogP contribution < -0.4 is 4.74 Å². The summed E-state index contributed by atoms with van der Waals surface area (Å²) in [6.45, 7) is 6.06. The molecule has 0 unspecified atom stereocenters. The molecule has 30 heavy (non-hydrogen) atoms. The molecule has 0 saturated heterocycles. The van der Waals surface area contributed by atoms with Crippen LogP contribution in [0.1, 0.15) is 36.7 Å². The lowest BCUT2D eigenvalue weighted by atomic mass is 9.99. The Morgan fingerprint density at radius 3 is 2.60 bits per heavy atom. The van der Waals surface area contributed by atoms with Gasteiger partial charge in [0, 0.05) is 28.1 Å². The molecular formula is C22H21ClF2N2O2S. The Balaban J connectivity index is 1.97. The van der Waals surface area contributed by atoms with Crippen molar-refractivity contribution in [3.05, 3.63) is 75.3 Å². The summed E-state index contributed by atoms with van der Waals surface area (Å²) in [5.74, 6) is -1.23. The highest BCUT2D eigenvalue weighted by Crippen LogP contribution is 2.39. The number of carbonyl (C=O) groups excluding carboxylic acids is 1. The van der Waals surface area contributed by atoms with Gasteiger partial charge in [-0.3, -0.25) is 9.80 Å². The Morgan fingerprint density at radius 1 is 1.23 bits per heavy atom. The van der Waals surface area contributed by atoms with Gasteiger partial charge in [-0.05, 0) is 24.3 Å². The van der Waals surface area contributed by atoms with Crippen molar-refractivity contribution in [3.63, 3.8) is 0 Å². The van der Waals surface area contributed by atoms with Gasteiger partial charge in [0.25, 0.3) is 0 Å². The maximum absolute atomic E-state index is 14.2. The molecule has 0 amide bonds. The molecule has 0 aromatic heterocycles. The number of allylic oxidation sites excluding steroid dienone is 1. The molecule has 0 atom stereocenters. The molecule has 2 aromatic rings. The molecule has 0 bridgehead atoms. The van der Waals surface area contributed by atoms with Gasteiger partial charge in [-0.2, -0.15) is 5.10 Å². The Kier molecular flexibility index (Phi) is 6.53. The second-order valence-electron chi connectivity index (χ2n) is 7.74. The molecule has 0 spiro atoms. The molecule has 3 rings (SSSR count). The van der Waals surface area contributed by atoms with Gasteiger partial charge in [-0.25, -0.2) is 8.78 Å². The van der Waals surface area contributed by atoms with E-state index in [9.17, 15) is 13.6 Å². The molecule has 1 aliphatic rings. The highest BCUT2D eigenvalue weighted by molar-refractivity contribution is 8.17. The van der Waals surface area contributed by atoms with Crippen LogP contribution in [0.4, 0.5) is 8.78 Å². The SMILES string of the molecule is COc1ccc(Cl)cc1C(=O)/C=C1\SC(C(C)(C)C)=NN1Cc1ccc(F)cc1F. The van der Waals surface area contributed by atoms with Crippen LogP contribution >= 0.6 is 23.4 Å². The molecule has 158 valence electrons. The first kappa shape index (κ1) is 22.3. The monoisotopic (exact) mass is 450 g/mol. The van der Waals surface area contributed by atoms with Crippen LogP contribution in [0.25, 0.3) is 0 Å².